The molecule has 0 aliphatic carbocycles. The fourth-order valence-electron chi connectivity index (χ4n) is 3.52. The largest absolute Gasteiger partial charge is 0.349 e. The van der Waals surface area contributed by atoms with Gasteiger partial charge in [-0.2, -0.15) is 5.10 Å². The van der Waals surface area contributed by atoms with E-state index in [1.165, 1.54) is 16.6 Å². The van der Waals surface area contributed by atoms with Crippen LogP contribution in [0.25, 0.3) is 5.52 Å². The molecule has 0 atom stereocenters. The van der Waals surface area contributed by atoms with Crippen molar-refractivity contribution in [2.45, 2.75) is 25.8 Å². The van der Waals surface area contributed by atoms with E-state index in [9.17, 15) is 23.2 Å². The molecule has 10 heteroatoms. The molecule has 0 saturated carbocycles. The molecule has 0 unspecified atom stereocenters. The lowest BCUT2D eigenvalue weighted by Crippen LogP contribution is -2.46. The quantitative estimate of drug-likeness (QED) is 0.679. The van der Waals surface area contributed by atoms with Crippen molar-refractivity contribution in [1.29, 1.82) is 0 Å². The Morgan fingerprint density at radius 2 is 1.90 bits per heavy atom. The van der Waals surface area contributed by atoms with Crippen molar-refractivity contribution in [3.63, 3.8) is 0 Å². The number of fused-ring (bicyclic) bond motifs is 1. The number of rotatable bonds is 3. The zero-order valence-corrected chi connectivity index (χ0v) is 16.1. The van der Waals surface area contributed by atoms with Crippen LogP contribution in [0.4, 0.5) is 8.78 Å². The van der Waals surface area contributed by atoms with Gasteiger partial charge in [-0.15, -0.1) is 0 Å². The van der Waals surface area contributed by atoms with E-state index in [-0.39, 0.29) is 34.3 Å². The number of halogens is 2. The molecule has 1 fully saturated rings. The molecule has 1 saturated heterocycles. The fraction of sp³-hybridized carbons (Fsp3) is 0.300. The second-order valence-electron chi connectivity index (χ2n) is 7.29. The van der Waals surface area contributed by atoms with E-state index >= 15 is 0 Å². The maximum Gasteiger partial charge on any atom is 0.274 e. The highest BCUT2D eigenvalue weighted by atomic mass is 19.2. The number of benzene rings is 1. The van der Waals surface area contributed by atoms with Gasteiger partial charge in [-0.05, 0) is 38.0 Å². The van der Waals surface area contributed by atoms with Gasteiger partial charge in [0.05, 0.1) is 0 Å². The molecule has 0 radical (unpaired) electrons. The normalized spacial score (nSPS) is 14.8. The van der Waals surface area contributed by atoms with Crippen molar-refractivity contribution in [2.24, 2.45) is 0 Å². The standard InChI is InChI=1S/C20H19F2N5O3/c1-11-10-27-17(19(29)23-11)9-16(25-27)20(30)26-6-4-13(5-7-26)24-18(28)12-2-3-14(21)15(22)8-12/h2-3,8-10,13H,4-7H2,1H3,(H,23,29)(H,24,28). The molecule has 1 aliphatic rings. The number of hydrogen-bond donors (Lipinski definition) is 2. The maximum absolute atomic E-state index is 13.3. The molecule has 3 heterocycles. The third kappa shape index (κ3) is 3.80. The summed E-state index contributed by atoms with van der Waals surface area (Å²) in [5.74, 6) is -2.87. The van der Waals surface area contributed by atoms with Gasteiger partial charge in [0.1, 0.15) is 5.52 Å². The zero-order chi connectivity index (χ0) is 21.4. The van der Waals surface area contributed by atoms with Gasteiger partial charge < -0.3 is 15.2 Å². The van der Waals surface area contributed by atoms with Gasteiger partial charge in [0.2, 0.25) is 0 Å². The molecule has 2 amide bonds. The smallest absolute Gasteiger partial charge is 0.274 e. The first-order chi connectivity index (χ1) is 14.3. The molecule has 0 bridgehead atoms. The molecule has 1 aromatic carbocycles. The topological polar surface area (TPSA) is 99.6 Å². The van der Waals surface area contributed by atoms with Gasteiger partial charge >= 0.3 is 0 Å². The number of nitrogens with one attached hydrogen (secondary N) is 2. The predicted molar refractivity (Wildman–Crippen MR) is 103 cm³/mol. The van der Waals surface area contributed by atoms with Gasteiger partial charge in [0.25, 0.3) is 17.4 Å². The second kappa shape index (κ2) is 7.69. The van der Waals surface area contributed by atoms with E-state index in [1.54, 1.807) is 18.0 Å². The molecule has 3 aromatic rings. The van der Waals surface area contributed by atoms with Crippen molar-refractivity contribution in [2.75, 3.05) is 13.1 Å². The first kappa shape index (κ1) is 19.7. The van der Waals surface area contributed by atoms with Gasteiger partial charge in [0.15, 0.2) is 17.3 Å². The summed E-state index contributed by atoms with van der Waals surface area (Å²) in [5, 5.41) is 6.99. The monoisotopic (exact) mass is 415 g/mol. The molecule has 1 aliphatic heterocycles. The van der Waals surface area contributed by atoms with Crippen molar-refractivity contribution in [3.05, 3.63) is 69.4 Å². The van der Waals surface area contributed by atoms with Crippen LogP contribution < -0.4 is 10.9 Å². The van der Waals surface area contributed by atoms with Crippen LogP contribution in [-0.4, -0.2) is 50.4 Å². The van der Waals surface area contributed by atoms with E-state index in [2.05, 4.69) is 15.4 Å². The Balaban J connectivity index is 1.39. The average Bonchev–Trinajstić information content (AvgIpc) is 3.14. The molecule has 2 N–H and O–H groups in total. The summed E-state index contributed by atoms with van der Waals surface area (Å²) < 4.78 is 27.7. The van der Waals surface area contributed by atoms with Crippen LogP contribution in [0, 0.1) is 18.6 Å². The van der Waals surface area contributed by atoms with Crippen LogP contribution in [0.1, 0.15) is 39.4 Å². The summed E-state index contributed by atoms with van der Waals surface area (Å²) in [4.78, 5) is 41.3. The average molecular weight is 415 g/mol. The van der Waals surface area contributed by atoms with E-state index in [0.29, 0.717) is 31.6 Å². The van der Waals surface area contributed by atoms with Crippen LogP contribution in [-0.2, 0) is 0 Å². The van der Waals surface area contributed by atoms with E-state index in [0.717, 1.165) is 12.1 Å². The Morgan fingerprint density at radius 3 is 2.60 bits per heavy atom. The third-order valence-corrected chi connectivity index (χ3v) is 5.11. The second-order valence-corrected chi connectivity index (χ2v) is 7.29. The summed E-state index contributed by atoms with van der Waals surface area (Å²) in [6, 6.07) is 4.25. The number of H-pyrrole nitrogens is 1. The summed E-state index contributed by atoms with van der Waals surface area (Å²) in [5.41, 5.74) is 0.818. The molecule has 2 aromatic heterocycles. The summed E-state index contributed by atoms with van der Waals surface area (Å²) in [6.07, 6.45) is 2.65. The predicted octanol–water partition coefficient (Wildman–Crippen LogP) is 1.64. The number of aryl methyl sites for hydroxylation is 1. The van der Waals surface area contributed by atoms with Crippen molar-refractivity contribution >= 4 is 17.3 Å². The number of carbonyl (C=O) groups is 2. The Bertz CT molecular complexity index is 1190. The minimum Gasteiger partial charge on any atom is -0.349 e. The summed E-state index contributed by atoms with van der Waals surface area (Å²) in [7, 11) is 0. The highest BCUT2D eigenvalue weighted by Gasteiger charge is 2.26. The van der Waals surface area contributed by atoms with Crippen LogP contribution >= 0.6 is 0 Å². The Morgan fingerprint density at radius 1 is 1.17 bits per heavy atom. The SMILES string of the molecule is Cc1cn2nc(C(=O)N3CCC(NC(=O)c4ccc(F)c(F)c4)CC3)cc2c(=O)[nH]1. The highest BCUT2D eigenvalue weighted by molar-refractivity contribution is 5.95. The minimum absolute atomic E-state index is 0.0395. The van der Waals surface area contributed by atoms with E-state index in [4.69, 9.17) is 0 Å². The van der Waals surface area contributed by atoms with Gasteiger partial charge in [-0.25, -0.2) is 13.3 Å². The van der Waals surface area contributed by atoms with Crippen LogP contribution in [0.15, 0.2) is 35.3 Å². The zero-order valence-electron chi connectivity index (χ0n) is 16.1. The number of aromatic amines is 1. The van der Waals surface area contributed by atoms with Gasteiger partial charge in [-0.3, -0.25) is 14.4 Å². The molecule has 4 rings (SSSR count). The fourth-order valence-corrected chi connectivity index (χ4v) is 3.52. The van der Waals surface area contributed by atoms with Crippen LogP contribution in [0.5, 0.6) is 0 Å². The highest BCUT2D eigenvalue weighted by Crippen LogP contribution is 2.16. The van der Waals surface area contributed by atoms with Crippen molar-refractivity contribution in [3.8, 4) is 0 Å². The molecular weight excluding hydrogens is 396 g/mol. The maximum atomic E-state index is 13.3. The Kier molecular flexibility index (Phi) is 5.06. The number of piperidine rings is 1. The number of aromatic nitrogens is 3. The number of amides is 2. The Hall–Kier alpha value is -3.56. The number of hydrogen-bond acceptors (Lipinski definition) is 4. The first-order valence-electron chi connectivity index (χ1n) is 9.46. The summed E-state index contributed by atoms with van der Waals surface area (Å²) >= 11 is 0. The van der Waals surface area contributed by atoms with Crippen LogP contribution in [0.3, 0.4) is 0 Å². The molecule has 8 nitrogen and oxygen atoms in total. The number of nitrogens with zero attached hydrogens (tertiary/aromatic N) is 3. The van der Waals surface area contributed by atoms with Gasteiger partial charge in [0, 0.05) is 42.7 Å². The minimum atomic E-state index is -1.08. The molecule has 30 heavy (non-hydrogen) atoms. The molecule has 156 valence electrons. The van der Waals surface area contributed by atoms with Crippen molar-refractivity contribution < 1.29 is 18.4 Å². The lowest BCUT2D eigenvalue weighted by Gasteiger charge is -2.32. The Labute approximate surface area is 169 Å². The number of carbonyl (C=O) groups excluding carboxylic acids is 2. The first-order valence-corrected chi connectivity index (χ1v) is 9.46. The van der Waals surface area contributed by atoms with Crippen molar-refractivity contribution in [1.82, 2.24) is 24.8 Å². The third-order valence-electron chi connectivity index (χ3n) is 5.11. The van der Waals surface area contributed by atoms with Crippen LogP contribution in [0.2, 0.25) is 0 Å². The lowest BCUT2D eigenvalue weighted by molar-refractivity contribution is 0.0692. The molecule has 0 spiro atoms. The van der Waals surface area contributed by atoms with E-state index < -0.39 is 17.5 Å². The van der Waals surface area contributed by atoms with Gasteiger partial charge in [-0.1, -0.05) is 0 Å². The number of likely N-dealkylation sites (tertiary alicyclic amines) is 1. The summed E-state index contributed by atoms with van der Waals surface area (Å²) in [6.45, 7) is 2.51. The lowest BCUT2D eigenvalue weighted by atomic mass is 10.0. The molecular formula is C20H19F2N5O3. The van der Waals surface area contributed by atoms with E-state index in [1.807, 2.05) is 0 Å².